The second kappa shape index (κ2) is 6.38. The highest BCUT2D eigenvalue weighted by molar-refractivity contribution is 7.13. The van der Waals surface area contributed by atoms with Gasteiger partial charge in [-0.05, 0) is 29.3 Å². The summed E-state index contributed by atoms with van der Waals surface area (Å²) in [5.74, 6) is -0.723. The van der Waals surface area contributed by atoms with Gasteiger partial charge in [-0.2, -0.15) is 0 Å². The maximum absolute atomic E-state index is 13.4. The van der Waals surface area contributed by atoms with Gasteiger partial charge in [-0.1, -0.05) is 29.8 Å². The van der Waals surface area contributed by atoms with Gasteiger partial charge in [0.05, 0.1) is 22.0 Å². The number of carbonyl (C=O) groups is 1. The zero-order chi connectivity index (χ0) is 17.4. The minimum Gasteiger partial charge on any atom is -0.298 e. The van der Waals surface area contributed by atoms with Crippen LogP contribution in [0.15, 0.2) is 53.0 Å². The fraction of sp³-hybridized carbons (Fsp3) is 0.0556. The van der Waals surface area contributed by atoms with E-state index in [9.17, 15) is 9.18 Å². The number of amides is 1. The molecular formula is C18H11ClFN3OS. The van der Waals surface area contributed by atoms with Crippen LogP contribution in [0.3, 0.4) is 0 Å². The number of rotatable bonds is 3. The van der Waals surface area contributed by atoms with Crippen molar-refractivity contribution in [3.05, 3.63) is 75.5 Å². The lowest BCUT2D eigenvalue weighted by Gasteiger charge is -2.05. The molecular weight excluding hydrogens is 361 g/mol. The van der Waals surface area contributed by atoms with Gasteiger partial charge in [0.2, 0.25) is 0 Å². The van der Waals surface area contributed by atoms with Crippen molar-refractivity contribution >= 4 is 45.4 Å². The standard InChI is InChI=1S/C18H11ClFN3OS/c19-13-8-10(4-5-14(13)20)15-9-11-2-1-3-12(16(11)22-15)17(24)23-18-21-6-7-25-18/h1-8H,9H2,(H,21,23,24). The first-order valence-corrected chi connectivity index (χ1v) is 8.73. The number of hydrogen-bond acceptors (Lipinski definition) is 4. The number of fused-ring (bicyclic) bond motifs is 1. The molecule has 0 spiro atoms. The molecule has 0 bridgehead atoms. The summed E-state index contributed by atoms with van der Waals surface area (Å²) in [6.07, 6.45) is 2.19. The van der Waals surface area contributed by atoms with Crippen LogP contribution in [0.1, 0.15) is 21.5 Å². The van der Waals surface area contributed by atoms with Crippen LogP contribution in [-0.4, -0.2) is 16.6 Å². The highest BCUT2D eigenvalue weighted by Gasteiger charge is 2.22. The van der Waals surface area contributed by atoms with E-state index in [4.69, 9.17) is 11.6 Å². The molecule has 1 aliphatic rings. The molecule has 0 atom stereocenters. The Morgan fingerprint density at radius 1 is 1.28 bits per heavy atom. The fourth-order valence-electron chi connectivity index (χ4n) is 2.70. The van der Waals surface area contributed by atoms with Crippen LogP contribution in [0, 0.1) is 5.82 Å². The number of anilines is 1. The number of halogens is 2. The van der Waals surface area contributed by atoms with Crippen molar-refractivity contribution < 1.29 is 9.18 Å². The van der Waals surface area contributed by atoms with Crippen LogP contribution < -0.4 is 5.32 Å². The van der Waals surface area contributed by atoms with E-state index in [2.05, 4.69) is 15.3 Å². The number of hydrogen-bond donors (Lipinski definition) is 1. The van der Waals surface area contributed by atoms with Gasteiger partial charge in [-0.25, -0.2) is 9.37 Å². The molecule has 25 heavy (non-hydrogen) atoms. The van der Waals surface area contributed by atoms with Crippen molar-refractivity contribution in [1.82, 2.24) is 4.98 Å². The number of benzene rings is 2. The van der Waals surface area contributed by atoms with Crippen LogP contribution >= 0.6 is 22.9 Å². The first kappa shape index (κ1) is 15.9. The topological polar surface area (TPSA) is 54.4 Å². The first-order valence-electron chi connectivity index (χ1n) is 7.47. The largest absolute Gasteiger partial charge is 0.298 e. The second-order valence-electron chi connectivity index (χ2n) is 5.47. The number of aliphatic imine (C=N–C) groups is 1. The Labute approximate surface area is 152 Å². The lowest BCUT2D eigenvalue weighted by molar-refractivity contribution is 0.102. The van der Waals surface area contributed by atoms with Crippen molar-refractivity contribution in [2.75, 3.05) is 5.32 Å². The van der Waals surface area contributed by atoms with Crippen LogP contribution in [0.2, 0.25) is 5.02 Å². The smallest absolute Gasteiger partial charge is 0.259 e. The van der Waals surface area contributed by atoms with E-state index in [-0.39, 0.29) is 10.9 Å². The molecule has 0 saturated heterocycles. The van der Waals surface area contributed by atoms with E-state index in [1.165, 1.54) is 17.4 Å². The molecule has 7 heteroatoms. The summed E-state index contributed by atoms with van der Waals surface area (Å²) in [6, 6.07) is 9.99. The average Bonchev–Trinajstić information content (AvgIpc) is 3.26. The Morgan fingerprint density at radius 3 is 2.92 bits per heavy atom. The maximum atomic E-state index is 13.4. The van der Waals surface area contributed by atoms with Gasteiger partial charge in [0, 0.05) is 18.0 Å². The Hall–Kier alpha value is -2.57. The molecule has 1 N–H and O–H groups in total. The summed E-state index contributed by atoms with van der Waals surface area (Å²) in [5.41, 5.74) is 3.56. The van der Waals surface area contributed by atoms with Crippen molar-refractivity contribution in [3.63, 3.8) is 0 Å². The van der Waals surface area contributed by atoms with Gasteiger partial charge in [0.15, 0.2) is 5.13 Å². The third kappa shape index (κ3) is 3.06. The molecule has 0 aliphatic carbocycles. The number of aromatic nitrogens is 1. The summed E-state index contributed by atoms with van der Waals surface area (Å²) in [7, 11) is 0. The van der Waals surface area contributed by atoms with E-state index in [1.54, 1.807) is 29.8 Å². The predicted molar refractivity (Wildman–Crippen MR) is 97.8 cm³/mol. The molecule has 1 aliphatic heterocycles. The van der Waals surface area contributed by atoms with E-state index >= 15 is 0 Å². The SMILES string of the molecule is O=C(Nc1nccs1)c1cccc2c1N=C(c1ccc(F)c(Cl)c1)C2. The van der Waals surface area contributed by atoms with Crippen molar-refractivity contribution in [3.8, 4) is 0 Å². The second-order valence-corrected chi connectivity index (χ2v) is 6.77. The highest BCUT2D eigenvalue weighted by Crippen LogP contribution is 2.33. The van der Waals surface area contributed by atoms with Crippen molar-refractivity contribution in [1.29, 1.82) is 0 Å². The summed E-state index contributed by atoms with van der Waals surface area (Å²) in [6.45, 7) is 0. The Morgan fingerprint density at radius 2 is 2.16 bits per heavy atom. The van der Waals surface area contributed by atoms with Crippen molar-refractivity contribution in [2.24, 2.45) is 4.99 Å². The van der Waals surface area contributed by atoms with Gasteiger partial charge >= 0.3 is 0 Å². The van der Waals surface area contributed by atoms with E-state index < -0.39 is 5.82 Å². The quantitative estimate of drug-likeness (QED) is 0.714. The average molecular weight is 372 g/mol. The fourth-order valence-corrected chi connectivity index (χ4v) is 3.40. The third-order valence-corrected chi connectivity index (χ3v) is 4.85. The van der Waals surface area contributed by atoms with Crippen molar-refractivity contribution in [2.45, 2.75) is 6.42 Å². The zero-order valence-electron chi connectivity index (χ0n) is 12.8. The summed E-state index contributed by atoms with van der Waals surface area (Å²) >= 11 is 7.22. The summed E-state index contributed by atoms with van der Waals surface area (Å²) in [5, 5.41) is 5.15. The lowest BCUT2D eigenvalue weighted by Crippen LogP contribution is -2.11. The maximum Gasteiger partial charge on any atom is 0.259 e. The lowest BCUT2D eigenvalue weighted by atomic mass is 10.0. The molecule has 0 radical (unpaired) electrons. The molecule has 124 valence electrons. The monoisotopic (exact) mass is 371 g/mol. The van der Waals surface area contributed by atoms with Gasteiger partial charge in [-0.15, -0.1) is 11.3 Å². The van der Waals surface area contributed by atoms with E-state index in [0.29, 0.717) is 22.8 Å². The van der Waals surface area contributed by atoms with Crippen LogP contribution in [0.4, 0.5) is 15.2 Å². The highest BCUT2D eigenvalue weighted by atomic mass is 35.5. The normalized spacial score (nSPS) is 12.6. The molecule has 2 heterocycles. The molecule has 1 aromatic heterocycles. The van der Waals surface area contributed by atoms with Crippen LogP contribution in [-0.2, 0) is 6.42 Å². The number of nitrogens with one attached hydrogen (secondary N) is 1. The minimum absolute atomic E-state index is 0.0536. The van der Waals surface area contributed by atoms with E-state index in [0.717, 1.165) is 16.8 Å². The van der Waals surface area contributed by atoms with E-state index in [1.807, 2.05) is 12.1 Å². The van der Waals surface area contributed by atoms with Crippen LogP contribution in [0.25, 0.3) is 0 Å². The minimum atomic E-state index is -0.468. The molecule has 1 amide bonds. The van der Waals surface area contributed by atoms with Gasteiger partial charge in [0.1, 0.15) is 5.82 Å². The molecule has 0 saturated carbocycles. The Bertz CT molecular complexity index is 1000. The van der Waals surface area contributed by atoms with Crippen LogP contribution in [0.5, 0.6) is 0 Å². The molecule has 0 unspecified atom stereocenters. The number of para-hydroxylation sites is 1. The Balaban J connectivity index is 1.68. The molecule has 4 rings (SSSR count). The van der Waals surface area contributed by atoms with Gasteiger partial charge < -0.3 is 0 Å². The van der Waals surface area contributed by atoms with Gasteiger partial charge in [-0.3, -0.25) is 15.1 Å². The summed E-state index contributed by atoms with van der Waals surface area (Å²) < 4.78 is 13.4. The predicted octanol–water partition coefficient (Wildman–Crippen LogP) is 4.86. The van der Waals surface area contributed by atoms with Gasteiger partial charge in [0.25, 0.3) is 5.91 Å². The Kier molecular flexibility index (Phi) is 4.07. The third-order valence-electron chi connectivity index (χ3n) is 3.87. The first-order chi connectivity index (χ1) is 12.1. The molecule has 3 aromatic rings. The number of thiazole rings is 1. The number of nitrogens with zero attached hydrogens (tertiary/aromatic N) is 2. The number of carbonyl (C=O) groups excluding carboxylic acids is 1. The summed E-state index contributed by atoms with van der Waals surface area (Å²) in [4.78, 5) is 21.2. The zero-order valence-corrected chi connectivity index (χ0v) is 14.4. The molecule has 2 aromatic carbocycles. The molecule has 4 nitrogen and oxygen atoms in total. The molecule has 0 fully saturated rings.